The summed E-state index contributed by atoms with van der Waals surface area (Å²) in [5.74, 6) is 1.05. The number of nitrogens with zero attached hydrogens (tertiary/aromatic N) is 3. The van der Waals surface area contributed by atoms with Crippen LogP contribution in [0.4, 0.5) is 0 Å². The molecule has 1 aromatic heterocycles. The number of likely N-dealkylation sites (N-methyl/N-ethyl adjacent to an activating group) is 1. The zero-order valence-electron chi connectivity index (χ0n) is 11.9. The summed E-state index contributed by atoms with van der Waals surface area (Å²) in [6, 6.07) is 11.3. The smallest absolute Gasteiger partial charge is 0.138 e. The van der Waals surface area contributed by atoms with Crippen LogP contribution in [0.5, 0.6) is 0 Å². The fourth-order valence-corrected chi connectivity index (χ4v) is 2.25. The van der Waals surface area contributed by atoms with Crippen molar-refractivity contribution in [2.24, 2.45) is 0 Å². The first-order chi connectivity index (χ1) is 9.20. The van der Waals surface area contributed by atoms with Crippen LogP contribution < -0.4 is 5.32 Å². The van der Waals surface area contributed by atoms with E-state index < -0.39 is 0 Å². The molecule has 1 atom stereocenters. The van der Waals surface area contributed by atoms with Crippen molar-refractivity contribution in [2.45, 2.75) is 38.8 Å². The third kappa shape index (κ3) is 3.64. The van der Waals surface area contributed by atoms with Gasteiger partial charge in [0.25, 0.3) is 0 Å². The first-order valence-electron chi connectivity index (χ1n) is 6.80. The molecule has 1 N–H and O–H groups in total. The highest BCUT2D eigenvalue weighted by atomic mass is 15.3. The van der Waals surface area contributed by atoms with Gasteiger partial charge in [0.2, 0.25) is 0 Å². The Hall–Kier alpha value is -1.68. The molecule has 1 heterocycles. The lowest BCUT2D eigenvalue weighted by Gasteiger charge is -2.17. The molecule has 102 valence electrons. The Bertz CT molecular complexity index is 490. The van der Waals surface area contributed by atoms with Crippen molar-refractivity contribution in [1.82, 2.24) is 20.1 Å². The molecule has 19 heavy (non-hydrogen) atoms. The normalized spacial score (nSPS) is 12.8. The summed E-state index contributed by atoms with van der Waals surface area (Å²) < 4.78 is 2.00. The maximum atomic E-state index is 4.38. The molecule has 0 aliphatic carbocycles. The Kier molecular flexibility index (Phi) is 4.68. The van der Waals surface area contributed by atoms with E-state index in [1.54, 1.807) is 6.33 Å². The van der Waals surface area contributed by atoms with Crippen molar-refractivity contribution < 1.29 is 0 Å². The number of rotatable bonds is 6. The van der Waals surface area contributed by atoms with Gasteiger partial charge in [-0.1, -0.05) is 30.3 Å². The van der Waals surface area contributed by atoms with Crippen LogP contribution in [0, 0.1) is 0 Å². The standard InChI is InChI=1S/C15H22N4/c1-12(2)19-15(17-11-18-19)10-14(16-3)9-13-7-5-4-6-8-13/h4-8,11-12,14,16H,9-10H2,1-3H3. The van der Waals surface area contributed by atoms with Gasteiger partial charge in [-0.2, -0.15) is 5.10 Å². The molecule has 0 radical (unpaired) electrons. The van der Waals surface area contributed by atoms with Crippen molar-refractivity contribution in [3.8, 4) is 0 Å². The van der Waals surface area contributed by atoms with E-state index >= 15 is 0 Å². The van der Waals surface area contributed by atoms with Crippen LogP contribution in [0.2, 0.25) is 0 Å². The highest BCUT2D eigenvalue weighted by Gasteiger charge is 2.14. The first-order valence-corrected chi connectivity index (χ1v) is 6.80. The molecular formula is C15H22N4. The van der Waals surface area contributed by atoms with Gasteiger partial charge in [-0.15, -0.1) is 0 Å². The Morgan fingerprint density at radius 2 is 1.89 bits per heavy atom. The summed E-state index contributed by atoms with van der Waals surface area (Å²) in [7, 11) is 2.00. The molecular weight excluding hydrogens is 236 g/mol. The van der Waals surface area contributed by atoms with Crippen molar-refractivity contribution >= 4 is 0 Å². The minimum atomic E-state index is 0.353. The van der Waals surface area contributed by atoms with Crippen LogP contribution in [0.15, 0.2) is 36.7 Å². The van der Waals surface area contributed by atoms with E-state index in [2.05, 4.69) is 53.5 Å². The molecule has 2 rings (SSSR count). The molecule has 2 aromatic rings. The van der Waals surface area contributed by atoms with Gasteiger partial charge in [0, 0.05) is 18.5 Å². The summed E-state index contributed by atoms with van der Waals surface area (Å²) in [4.78, 5) is 4.38. The third-order valence-electron chi connectivity index (χ3n) is 3.30. The topological polar surface area (TPSA) is 42.7 Å². The molecule has 0 saturated carbocycles. The quantitative estimate of drug-likeness (QED) is 0.864. The highest BCUT2D eigenvalue weighted by Crippen LogP contribution is 2.10. The second-order valence-electron chi connectivity index (χ2n) is 5.09. The van der Waals surface area contributed by atoms with E-state index in [1.807, 2.05) is 17.8 Å². The van der Waals surface area contributed by atoms with E-state index in [1.165, 1.54) is 5.56 Å². The molecule has 0 bridgehead atoms. The fraction of sp³-hybridized carbons (Fsp3) is 0.467. The van der Waals surface area contributed by atoms with Crippen molar-refractivity contribution in [2.75, 3.05) is 7.05 Å². The van der Waals surface area contributed by atoms with Crippen molar-refractivity contribution in [1.29, 1.82) is 0 Å². The van der Waals surface area contributed by atoms with E-state index in [0.717, 1.165) is 18.7 Å². The minimum absolute atomic E-state index is 0.353. The molecule has 1 aromatic carbocycles. The number of benzene rings is 1. The average Bonchev–Trinajstić information content (AvgIpc) is 2.87. The van der Waals surface area contributed by atoms with Gasteiger partial charge in [0.05, 0.1) is 0 Å². The van der Waals surface area contributed by atoms with Gasteiger partial charge in [0.1, 0.15) is 12.2 Å². The van der Waals surface area contributed by atoms with Gasteiger partial charge < -0.3 is 5.32 Å². The van der Waals surface area contributed by atoms with Gasteiger partial charge in [-0.3, -0.25) is 0 Å². The van der Waals surface area contributed by atoms with Gasteiger partial charge in [-0.25, -0.2) is 9.67 Å². The first kappa shape index (κ1) is 13.7. The van der Waals surface area contributed by atoms with E-state index in [9.17, 15) is 0 Å². The van der Waals surface area contributed by atoms with Crippen LogP contribution in [0.1, 0.15) is 31.3 Å². The number of hydrogen-bond donors (Lipinski definition) is 1. The lowest BCUT2D eigenvalue weighted by atomic mass is 10.0. The molecule has 0 aliphatic heterocycles. The van der Waals surface area contributed by atoms with Crippen molar-refractivity contribution in [3.63, 3.8) is 0 Å². The highest BCUT2D eigenvalue weighted by molar-refractivity contribution is 5.16. The lowest BCUT2D eigenvalue weighted by Crippen LogP contribution is -2.31. The summed E-state index contributed by atoms with van der Waals surface area (Å²) in [6.45, 7) is 4.26. The number of aromatic nitrogens is 3. The molecule has 0 fully saturated rings. The zero-order valence-corrected chi connectivity index (χ0v) is 11.9. The summed E-state index contributed by atoms with van der Waals surface area (Å²) in [5, 5.41) is 7.66. The third-order valence-corrected chi connectivity index (χ3v) is 3.30. The van der Waals surface area contributed by atoms with Crippen LogP contribution >= 0.6 is 0 Å². The molecule has 1 unspecified atom stereocenters. The van der Waals surface area contributed by atoms with E-state index in [4.69, 9.17) is 0 Å². The molecule has 4 heteroatoms. The summed E-state index contributed by atoms with van der Waals surface area (Å²) in [6.07, 6.45) is 3.54. The fourth-order valence-electron chi connectivity index (χ4n) is 2.25. The SMILES string of the molecule is CNC(Cc1ccccc1)Cc1ncnn1C(C)C. The Morgan fingerprint density at radius 3 is 2.53 bits per heavy atom. The molecule has 0 aliphatic rings. The zero-order chi connectivity index (χ0) is 13.7. The maximum Gasteiger partial charge on any atom is 0.138 e. The number of nitrogens with one attached hydrogen (secondary N) is 1. The molecule has 0 saturated heterocycles. The van der Waals surface area contributed by atoms with Crippen LogP contribution in [0.25, 0.3) is 0 Å². The Labute approximate surface area is 114 Å². The predicted molar refractivity (Wildman–Crippen MR) is 77.1 cm³/mol. The summed E-state index contributed by atoms with van der Waals surface area (Å²) >= 11 is 0. The Morgan fingerprint density at radius 1 is 1.16 bits per heavy atom. The minimum Gasteiger partial charge on any atom is -0.316 e. The van der Waals surface area contributed by atoms with Gasteiger partial charge in [0.15, 0.2) is 0 Å². The molecule has 0 amide bonds. The lowest BCUT2D eigenvalue weighted by molar-refractivity contribution is 0.470. The van der Waals surface area contributed by atoms with Crippen LogP contribution in [-0.4, -0.2) is 27.9 Å². The Balaban J connectivity index is 2.05. The molecule has 4 nitrogen and oxygen atoms in total. The maximum absolute atomic E-state index is 4.38. The number of hydrogen-bond acceptors (Lipinski definition) is 3. The largest absolute Gasteiger partial charge is 0.316 e. The monoisotopic (exact) mass is 258 g/mol. The van der Waals surface area contributed by atoms with Gasteiger partial charge >= 0.3 is 0 Å². The molecule has 0 spiro atoms. The predicted octanol–water partition coefficient (Wildman–Crippen LogP) is 2.23. The van der Waals surface area contributed by atoms with Crippen molar-refractivity contribution in [3.05, 3.63) is 48.0 Å². The van der Waals surface area contributed by atoms with Crippen LogP contribution in [-0.2, 0) is 12.8 Å². The van der Waals surface area contributed by atoms with E-state index in [-0.39, 0.29) is 0 Å². The second-order valence-corrected chi connectivity index (χ2v) is 5.09. The average molecular weight is 258 g/mol. The van der Waals surface area contributed by atoms with E-state index in [0.29, 0.717) is 12.1 Å². The van der Waals surface area contributed by atoms with Crippen LogP contribution in [0.3, 0.4) is 0 Å². The van der Waals surface area contributed by atoms with Gasteiger partial charge in [-0.05, 0) is 32.9 Å². The summed E-state index contributed by atoms with van der Waals surface area (Å²) in [5.41, 5.74) is 1.34. The second kappa shape index (κ2) is 6.48.